The minimum Gasteiger partial charge on any atom is -0.366 e. The molecular weight excluding hydrogens is 164 g/mol. The van der Waals surface area contributed by atoms with Crippen molar-refractivity contribution < 1.29 is 4.79 Å². The second-order valence-corrected chi connectivity index (χ2v) is 3.38. The number of hydrogen-bond acceptors (Lipinski definition) is 2. The zero-order valence-corrected chi connectivity index (χ0v) is 7.29. The third kappa shape index (κ3) is 1.21. The van der Waals surface area contributed by atoms with Gasteiger partial charge in [0.05, 0.1) is 0 Å². The molecule has 3 heteroatoms. The predicted molar refractivity (Wildman–Crippen MR) is 50.2 cm³/mol. The lowest BCUT2D eigenvalue weighted by Crippen LogP contribution is -2.14. The van der Waals surface area contributed by atoms with Crippen molar-refractivity contribution in [1.82, 2.24) is 0 Å². The van der Waals surface area contributed by atoms with Gasteiger partial charge >= 0.3 is 0 Å². The Labute approximate surface area is 76.7 Å². The molecule has 13 heavy (non-hydrogen) atoms. The highest BCUT2D eigenvalue weighted by molar-refractivity contribution is 5.94. The highest BCUT2D eigenvalue weighted by atomic mass is 16.1. The molecule has 68 valence electrons. The summed E-state index contributed by atoms with van der Waals surface area (Å²) in [6.45, 7) is 0. The zero-order chi connectivity index (χ0) is 9.42. The third-order valence-corrected chi connectivity index (χ3v) is 2.58. The number of hydrogen-bond donors (Lipinski definition) is 2. The number of nitrogens with two attached hydrogens (primary N) is 2. The van der Waals surface area contributed by atoms with E-state index in [4.69, 9.17) is 11.5 Å². The van der Waals surface area contributed by atoms with Gasteiger partial charge in [-0.1, -0.05) is 12.1 Å². The molecule has 0 aliphatic heterocycles. The number of amides is 1. The van der Waals surface area contributed by atoms with Crippen molar-refractivity contribution in [1.29, 1.82) is 0 Å². The van der Waals surface area contributed by atoms with Gasteiger partial charge in [0.2, 0.25) is 5.91 Å². The fourth-order valence-electron chi connectivity index (χ4n) is 1.92. The first-order chi connectivity index (χ1) is 6.20. The van der Waals surface area contributed by atoms with Gasteiger partial charge in [-0.15, -0.1) is 0 Å². The summed E-state index contributed by atoms with van der Waals surface area (Å²) in [7, 11) is 0. The van der Waals surface area contributed by atoms with Crippen molar-refractivity contribution in [3.8, 4) is 0 Å². The van der Waals surface area contributed by atoms with E-state index in [1.165, 1.54) is 0 Å². The molecule has 0 aromatic heterocycles. The molecule has 0 radical (unpaired) electrons. The third-order valence-electron chi connectivity index (χ3n) is 2.58. The van der Waals surface area contributed by atoms with Crippen LogP contribution in [0.5, 0.6) is 0 Å². The second-order valence-electron chi connectivity index (χ2n) is 3.38. The van der Waals surface area contributed by atoms with Crippen LogP contribution in [0.1, 0.15) is 33.9 Å². The molecule has 1 atom stereocenters. The molecule has 0 bridgehead atoms. The molecule has 1 unspecified atom stereocenters. The first-order valence-corrected chi connectivity index (χ1v) is 4.37. The van der Waals surface area contributed by atoms with Crippen LogP contribution in [0.15, 0.2) is 18.2 Å². The minimum atomic E-state index is -0.356. The Bertz CT molecular complexity index is 360. The molecule has 0 saturated heterocycles. The van der Waals surface area contributed by atoms with Gasteiger partial charge in [0.15, 0.2) is 0 Å². The molecular formula is C10H12N2O. The molecule has 0 spiro atoms. The largest absolute Gasteiger partial charge is 0.366 e. The van der Waals surface area contributed by atoms with Crippen LogP contribution in [0.4, 0.5) is 0 Å². The van der Waals surface area contributed by atoms with Gasteiger partial charge in [-0.05, 0) is 30.0 Å². The lowest BCUT2D eigenvalue weighted by atomic mass is 10.0. The Hall–Kier alpha value is -1.35. The molecule has 1 aromatic rings. The molecule has 1 aromatic carbocycles. The Morgan fingerprint density at radius 1 is 1.46 bits per heavy atom. The number of benzene rings is 1. The molecule has 1 aliphatic rings. The van der Waals surface area contributed by atoms with Crippen LogP contribution < -0.4 is 11.5 Å². The molecule has 1 amide bonds. The maximum atomic E-state index is 11.0. The topological polar surface area (TPSA) is 69.1 Å². The van der Waals surface area contributed by atoms with E-state index in [1.54, 1.807) is 6.07 Å². The maximum absolute atomic E-state index is 11.0. The number of rotatable bonds is 1. The number of carbonyl (C=O) groups excluding carboxylic acids is 1. The predicted octanol–water partition coefficient (Wildman–Crippen LogP) is 0.732. The summed E-state index contributed by atoms with van der Waals surface area (Å²) in [5.41, 5.74) is 13.9. The van der Waals surface area contributed by atoms with Crippen LogP contribution in [0, 0.1) is 0 Å². The number of primary amides is 1. The highest BCUT2D eigenvalue weighted by Crippen LogP contribution is 2.31. The summed E-state index contributed by atoms with van der Waals surface area (Å²) in [4.78, 5) is 11.0. The Kier molecular flexibility index (Phi) is 1.81. The summed E-state index contributed by atoms with van der Waals surface area (Å²) in [6.07, 6.45) is 1.79. The Morgan fingerprint density at radius 3 is 2.92 bits per heavy atom. The highest BCUT2D eigenvalue weighted by Gasteiger charge is 2.22. The summed E-state index contributed by atoms with van der Waals surface area (Å²) in [5.74, 6) is -0.356. The van der Waals surface area contributed by atoms with E-state index in [-0.39, 0.29) is 11.9 Å². The average Bonchev–Trinajstić information content (AvgIpc) is 2.48. The summed E-state index contributed by atoms with van der Waals surface area (Å²) < 4.78 is 0. The second kappa shape index (κ2) is 2.85. The van der Waals surface area contributed by atoms with Gasteiger partial charge in [-0.2, -0.15) is 0 Å². The van der Waals surface area contributed by atoms with Crippen molar-refractivity contribution in [2.24, 2.45) is 11.5 Å². The zero-order valence-electron chi connectivity index (χ0n) is 7.29. The van der Waals surface area contributed by atoms with Crippen molar-refractivity contribution in [3.05, 3.63) is 34.9 Å². The molecule has 1 aliphatic carbocycles. The maximum Gasteiger partial charge on any atom is 0.248 e. The fraction of sp³-hybridized carbons (Fsp3) is 0.300. The fourth-order valence-corrected chi connectivity index (χ4v) is 1.92. The van der Waals surface area contributed by atoms with E-state index in [0.29, 0.717) is 5.56 Å². The van der Waals surface area contributed by atoms with E-state index in [1.807, 2.05) is 12.1 Å². The van der Waals surface area contributed by atoms with Gasteiger partial charge in [0.1, 0.15) is 0 Å². The van der Waals surface area contributed by atoms with Crippen LogP contribution in [-0.4, -0.2) is 5.91 Å². The average molecular weight is 176 g/mol. The van der Waals surface area contributed by atoms with Crippen LogP contribution in [0.3, 0.4) is 0 Å². The van der Waals surface area contributed by atoms with Crippen LogP contribution in [-0.2, 0) is 6.42 Å². The molecule has 4 N–H and O–H groups in total. The summed E-state index contributed by atoms with van der Waals surface area (Å²) in [5, 5.41) is 0. The quantitative estimate of drug-likeness (QED) is 0.662. The monoisotopic (exact) mass is 176 g/mol. The van der Waals surface area contributed by atoms with Gasteiger partial charge in [0, 0.05) is 11.6 Å². The number of fused-ring (bicyclic) bond motifs is 1. The van der Waals surface area contributed by atoms with Crippen molar-refractivity contribution in [2.45, 2.75) is 18.9 Å². The normalized spacial score (nSPS) is 19.9. The molecule has 2 rings (SSSR count). The number of carbonyl (C=O) groups is 1. The lowest BCUT2D eigenvalue weighted by molar-refractivity contribution is 0.0999. The van der Waals surface area contributed by atoms with Crippen molar-refractivity contribution in [3.63, 3.8) is 0 Å². The molecule has 3 nitrogen and oxygen atoms in total. The standard InChI is InChI=1S/C10H12N2O/c11-9-5-4-6-7(9)2-1-3-8(6)10(12)13/h1-3,9H,4-5,11H2,(H2,12,13). The van der Waals surface area contributed by atoms with Gasteiger partial charge in [0.25, 0.3) is 0 Å². The van der Waals surface area contributed by atoms with E-state index in [2.05, 4.69) is 0 Å². The molecule has 0 heterocycles. The van der Waals surface area contributed by atoms with E-state index >= 15 is 0 Å². The Balaban J connectivity index is 2.57. The van der Waals surface area contributed by atoms with Crippen molar-refractivity contribution >= 4 is 5.91 Å². The van der Waals surface area contributed by atoms with E-state index in [9.17, 15) is 4.79 Å². The first kappa shape index (κ1) is 8.26. The van der Waals surface area contributed by atoms with Gasteiger partial charge < -0.3 is 11.5 Å². The molecule has 0 saturated carbocycles. The summed E-state index contributed by atoms with van der Waals surface area (Å²) in [6, 6.07) is 5.65. The van der Waals surface area contributed by atoms with Gasteiger partial charge in [-0.3, -0.25) is 4.79 Å². The van der Waals surface area contributed by atoms with E-state index in [0.717, 1.165) is 24.0 Å². The molecule has 0 fully saturated rings. The SMILES string of the molecule is NC(=O)c1cccc2c1CCC2N. The lowest BCUT2D eigenvalue weighted by Gasteiger charge is -2.06. The Morgan fingerprint density at radius 2 is 2.23 bits per heavy atom. The smallest absolute Gasteiger partial charge is 0.248 e. The van der Waals surface area contributed by atoms with E-state index < -0.39 is 0 Å². The minimum absolute atomic E-state index is 0.0781. The van der Waals surface area contributed by atoms with Crippen LogP contribution in [0.25, 0.3) is 0 Å². The van der Waals surface area contributed by atoms with Crippen LogP contribution >= 0.6 is 0 Å². The first-order valence-electron chi connectivity index (χ1n) is 4.37. The van der Waals surface area contributed by atoms with Crippen molar-refractivity contribution in [2.75, 3.05) is 0 Å². The van der Waals surface area contributed by atoms with Gasteiger partial charge in [-0.25, -0.2) is 0 Å². The summed E-state index contributed by atoms with van der Waals surface area (Å²) >= 11 is 0. The van der Waals surface area contributed by atoms with Crippen LogP contribution in [0.2, 0.25) is 0 Å².